The summed E-state index contributed by atoms with van der Waals surface area (Å²) in [4.78, 5) is 35.6. The Morgan fingerprint density at radius 3 is 2.89 bits per heavy atom. The quantitative estimate of drug-likeness (QED) is 0.518. The van der Waals surface area contributed by atoms with E-state index in [4.69, 9.17) is 5.11 Å². The number of nitrogens with one attached hydrogen (secondary N) is 2. The van der Waals surface area contributed by atoms with Crippen LogP contribution in [0.3, 0.4) is 0 Å². The van der Waals surface area contributed by atoms with Gasteiger partial charge in [-0.15, -0.1) is 0 Å². The zero-order valence-corrected chi connectivity index (χ0v) is 10.4. The predicted molar refractivity (Wildman–Crippen MR) is 63.9 cm³/mol. The number of hydrogen-bond acceptors (Lipinski definition) is 4. The molecule has 0 aliphatic carbocycles. The summed E-state index contributed by atoms with van der Waals surface area (Å²) in [6.45, 7) is 3.99. The van der Waals surface area contributed by atoms with Crippen LogP contribution < -0.4 is 10.6 Å². The van der Waals surface area contributed by atoms with Gasteiger partial charge >= 0.3 is 5.97 Å². The number of carbonyl (C=O) groups excluding carboxylic acids is 2. The fourth-order valence-corrected chi connectivity index (χ4v) is 1.90. The summed E-state index contributed by atoms with van der Waals surface area (Å²) in [5.41, 5.74) is 0. The lowest BCUT2D eigenvalue weighted by molar-refractivity contribution is -0.148. The molecule has 1 atom stereocenters. The van der Waals surface area contributed by atoms with E-state index in [1.807, 2.05) is 6.92 Å². The first-order valence-corrected chi connectivity index (χ1v) is 6.06. The average molecular weight is 257 g/mol. The maximum Gasteiger partial charge on any atom is 0.305 e. The highest BCUT2D eigenvalue weighted by atomic mass is 16.4. The van der Waals surface area contributed by atoms with E-state index in [1.54, 1.807) is 0 Å². The first-order valence-electron chi connectivity index (χ1n) is 6.06. The standard InChI is InChI=1S/C11H19N3O4/c1-2-12-4-3-9(15)14-6-5-13-11(18)8(14)7-10(16)17/h8,12H,2-7H2,1H3,(H,13,18)(H,16,17). The number of rotatable bonds is 6. The fraction of sp³-hybridized carbons (Fsp3) is 0.727. The van der Waals surface area contributed by atoms with Crippen molar-refractivity contribution in [2.75, 3.05) is 26.2 Å². The second kappa shape index (κ2) is 6.95. The van der Waals surface area contributed by atoms with Crippen LogP contribution in [0.25, 0.3) is 0 Å². The molecule has 1 rings (SSSR count). The largest absolute Gasteiger partial charge is 0.481 e. The molecule has 0 aromatic carbocycles. The van der Waals surface area contributed by atoms with Crippen LogP contribution >= 0.6 is 0 Å². The number of piperazine rings is 1. The molecule has 0 aromatic heterocycles. The molecule has 0 bridgehead atoms. The van der Waals surface area contributed by atoms with E-state index < -0.39 is 12.0 Å². The summed E-state index contributed by atoms with van der Waals surface area (Å²) in [6, 6.07) is -0.884. The van der Waals surface area contributed by atoms with E-state index in [1.165, 1.54) is 4.90 Å². The van der Waals surface area contributed by atoms with Crippen molar-refractivity contribution in [2.24, 2.45) is 0 Å². The summed E-state index contributed by atoms with van der Waals surface area (Å²) in [5, 5.41) is 14.4. The first-order chi connectivity index (χ1) is 8.56. The monoisotopic (exact) mass is 257 g/mol. The third-order valence-electron chi connectivity index (χ3n) is 2.78. The molecule has 0 saturated carbocycles. The summed E-state index contributed by atoms with van der Waals surface area (Å²) in [5.74, 6) is -1.65. The SMILES string of the molecule is CCNCCC(=O)N1CCNC(=O)C1CC(=O)O. The number of hydrogen-bond donors (Lipinski definition) is 3. The Kier molecular flexibility index (Phi) is 5.57. The molecule has 0 spiro atoms. The minimum atomic E-state index is -1.08. The Hall–Kier alpha value is -1.63. The lowest BCUT2D eigenvalue weighted by Gasteiger charge is -2.34. The molecule has 1 unspecified atom stereocenters. The molecule has 0 aromatic rings. The number of carbonyl (C=O) groups is 3. The number of carboxylic acid groups (broad SMARTS) is 1. The zero-order chi connectivity index (χ0) is 13.5. The third-order valence-corrected chi connectivity index (χ3v) is 2.78. The van der Waals surface area contributed by atoms with Crippen molar-refractivity contribution in [1.29, 1.82) is 0 Å². The van der Waals surface area contributed by atoms with Crippen molar-refractivity contribution in [3.05, 3.63) is 0 Å². The summed E-state index contributed by atoms with van der Waals surface area (Å²) in [6.07, 6.45) is -0.0734. The molecule has 1 fully saturated rings. The number of nitrogens with zero attached hydrogens (tertiary/aromatic N) is 1. The molecule has 102 valence electrons. The van der Waals surface area contributed by atoms with Crippen LogP contribution in [0.5, 0.6) is 0 Å². The van der Waals surface area contributed by atoms with Gasteiger partial charge in [0.1, 0.15) is 6.04 Å². The van der Waals surface area contributed by atoms with Crippen LogP contribution in [0.2, 0.25) is 0 Å². The molecule has 2 amide bonds. The smallest absolute Gasteiger partial charge is 0.305 e. The van der Waals surface area contributed by atoms with Gasteiger partial charge in [-0.05, 0) is 6.54 Å². The van der Waals surface area contributed by atoms with E-state index in [0.717, 1.165) is 6.54 Å². The van der Waals surface area contributed by atoms with Gasteiger partial charge < -0.3 is 20.6 Å². The zero-order valence-electron chi connectivity index (χ0n) is 10.4. The molecule has 1 heterocycles. The maximum absolute atomic E-state index is 11.9. The highest BCUT2D eigenvalue weighted by Gasteiger charge is 2.34. The van der Waals surface area contributed by atoms with Crippen LogP contribution in [0, 0.1) is 0 Å². The Balaban J connectivity index is 2.60. The van der Waals surface area contributed by atoms with Crippen LogP contribution in [0.15, 0.2) is 0 Å². The third kappa shape index (κ3) is 3.99. The molecule has 1 aliphatic heterocycles. The van der Waals surface area contributed by atoms with Crippen molar-refractivity contribution in [3.8, 4) is 0 Å². The molecule has 7 nitrogen and oxygen atoms in total. The number of carboxylic acids is 1. The average Bonchev–Trinajstić information content (AvgIpc) is 2.31. The summed E-state index contributed by atoms with van der Waals surface area (Å²) in [7, 11) is 0. The van der Waals surface area contributed by atoms with Crippen molar-refractivity contribution in [1.82, 2.24) is 15.5 Å². The molecule has 1 saturated heterocycles. The van der Waals surface area contributed by atoms with E-state index in [0.29, 0.717) is 19.6 Å². The topological polar surface area (TPSA) is 98.7 Å². The van der Waals surface area contributed by atoms with Crippen molar-refractivity contribution < 1.29 is 19.5 Å². The van der Waals surface area contributed by atoms with E-state index >= 15 is 0 Å². The Labute approximate surface area is 106 Å². The Morgan fingerprint density at radius 2 is 2.28 bits per heavy atom. The Morgan fingerprint density at radius 1 is 1.56 bits per heavy atom. The van der Waals surface area contributed by atoms with E-state index in [-0.39, 0.29) is 24.7 Å². The number of aliphatic carboxylic acids is 1. The van der Waals surface area contributed by atoms with Crippen LogP contribution in [0.4, 0.5) is 0 Å². The normalized spacial score (nSPS) is 19.5. The van der Waals surface area contributed by atoms with Crippen LogP contribution in [-0.4, -0.2) is 60.0 Å². The fourth-order valence-electron chi connectivity index (χ4n) is 1.90. The lowest BCUT2D eigenvalue weighted by Crippen LogP contribution is -2.58. The van der Waals surface area contributed by atoms with Gasteiger partial charge in [-0.3, -0.25) is 14.4 Å². The highest BCUT2D eigenvalue weighted by Crippen LogP contribution is 2.10. The van der Waals surface area contributed by atoms with Crippen molar-refractivity contribution in [2.45, 2.75) is 25.8 Å². The van der Waals surface area contributed by atoms with Gasteiger partial charge in [-0.1, -0.05) is 6.92 Å². The number of amides is 2. The van der Waals surface area contributed by atoms with Crippen LogP contribution in [-0.2, 0) is 14.4 Å². The van der Waals surface area contributed by atoms with Gasteiger partial charge in [0.15, 0.2) is 0 Å². The van der Waals surface area contributed by atoms with Gasteiger partial charge in [-0.25, -0.2) is 0 Å². The van der Waals surface area contributed by atoms with Gasteiger partial charge in [-0.2, -0.15) is 0 Å². The Bertz CT molecular complexity index is 332. The van der Waals surface area contributed by atoms with Crippen molar-refractivity contribution >= 4 is 17.8 Å². The molecule has 0 radical (unpaired) electrons. The van der Waals surface area contributed by atoms with Crippen molar-refractivity contribution in [3.63, 3.8) is 0 Å². The molecule has 3 N–H and O–H groups in total. The molecule has 7 heteroatoms. The first kappa shape index (κ1) is 14.4. The summed E-state index contributed by atoms with van der Waals surface area (Å²) >= 11 is 0. The molecule has 1 aliphatic rings. The molecule has 18 heavy (non-hydrogen) atoms. The minimum Gasteiger partial charge on any atom is -0.481 e. The van der Waals surface area contributed by atoms with E-state index in [2.05, 4.69) is 10.6 Å². The van der Waals surface area contributed by atoms with Gasteiger partial charge in [0, 0.05) is 26.1 Å². The molecular weight excluding hydrogens is 238 g/mol. The minimum absolute atomic E-state index is 0.183. The van der Waals surface area contributed by atoms with Gasteiger partial charge in [0.25, 0.3) is 0 Å². The summed E-state index contributed by atoms with van der Waals surface area (Å²) < 4.78 is 0. The second-order valence-electron chi connectivity index (χ2n) is 4.10. The van der Waals surface area contributed by atoms with Gasteiger partial charge in [0.2, 0.25) is 11.8 Å². The lowest BCUT2D eigenvalue weighted by atomic mass is 10.1. The maximum atomic E-state index is 11.9. The second-order valence-corrected chi connectivity index (χ2v) is 4.10. The highest BCUT2D eigenvalue weighted by molar-refractivity contribution is 5.91. The van der Waals surface area contributed by atoms with Crippen LogP contribution in [0.1, 0.15) is 19.8 Å². The molecular formula is C11H19N3O4. The van der Waals surface area contributed by atoms with E-state index in [9.17, 15) is 14.4 Å². The predicted octanol–water partition coefficient (Wildman–Crippen LogP) is -1.21. The van der Waals surface area contributed by atoms with Gasteiger partial charge in [0.05, 0.1) is 6.42 Å².